The number of amides is 1. The predicted octanol–water partition coefficient (Wildman–Crippen LogP) is 3.62. The van der Waals surface area contributed by atoms with Crippen molar-refractivity contribution in [2.75, 3.05) is 32.1 Å². The Morgan fingerprint density at radius 1 is 1.35 bits per heavy atom. The molecule has 138 valence electrons. The summed E-state index contributed by atoms with van der Waals surface area (Å²) < 4.78 is 5.24. The van der Waals surface area contributed by atoms with Crippen LogP contribution in [0.1, 0.15) is 35.7 Å². The first-order chi connectivity index (χ1) is 12.7. The molecule has 2 aromatic rings. The van der Waals surface area contributed by atoms with Crippen molar-refractivity contribution < 1.29 is 9.53 Å². The van der Waals surface area contributed by atoms with Crippen LogP contribution in [0.4, 0.5) is 5.82 Å². The van der Waals surface area contributed by atoms with Crippen molar-refractivity contribution in [3.8, 4) is 5.75 Å². The van der Waals surface area contributed by atoms with Gasteiger partial charge in [0.15, 0.2) is 0 Å². The number of aromatic nitrogens is 1. The van der Waals surface area contributed by atoms with E-state index < -0.39 is 0 Å². The molecular weight excluding hydrogens is 326 g/mol. The minimum atomic E-state index is 0.0898. The molecule has 5 nitrogen and oxygen atoms in total. The summed E-state index contributed by atoms with van der Waals surface area (Å²) in [6, 6.07) is 11.8. The summed E-state index contributed by atoms with van der Waals surface area (Å²) in [5, 5.41) is 3.31. The molecule has 0 aliphatic carbocycles. The third-order valence-electron chi connectivity index (χ3n) is 4.81. The highest BCUT2D eigenvalue weighted by atomic mass is 16.5. The summed E-state index contributed by atoms with van der Waals surface area (Å²) in [5.74, 6) is 2.33. The number of ether oxygens (including phenoxy) is 1. The maximum atomic E-state index is 12.6. The maximum Gasteiger partial charge on any atom is 0.255 e. The van der Waals surface area contributed by atoms with Gasteiger partial charge in [0.2, 0.25) is 0 Å². The average molecular weight is 353 g/mol. The lowest BCUT2D eigenvalue weighted by Gasteiger charge is -2.30. The van der Waals surface area contributed by atoms with Crippen molar-refractivity contribution in [2.45, 2.75) is 26.2 Å². The van der Waals surface area contributed by atoms with Gasteiger partial charge >= 0.3 is 0 Å². The van der Waals surface area contributed by atoms with Gasteiger partial charge in [-0.15, -0.1) is 0 Å². The van der Waals surface area contributed by atoms with E-state index in [2.05, 4.69) is 23.3 Å². The molecule has 1 unspecified atom stereocenters. The lowest BCUT2D eigenvalue weighted by molar-refractivity contribution is 0.0682. The Morgan fingerprint density at radius 2 is 2.23 bits per heavy atom. The normalized spacial score (nSPS) is 17.0. The summed E-state index contributed by atoms with van der Waals surface area (Å²) in [6.45, 7) is 4.67. The van der Waals surface area contributed by atoms with Crippen LogP contribution in [-0.4, -0.2) is 42.5 Å². The lowest BCUT2D eigenvalue weighted by Crippen LogP contribution is -2.39. The second kappa shape index (κ2) is 8.70. The molecule has 0 saturated carbocycles. The second-order valence-corrected chi connectivity index (χ2v) is 6.96. The van der Waals surface area contributed by atoms with E-state index in [4.69, 9.17) is 4.74 Å². The van der Waals surface area contributed by atoms with Gasteiger partial charge in [-0.25, -0.2) is 4.98 Å². The SMILES string of the molecule is COc1cccc(CCNc2ccc(C(=O)N3CCCC(C)C3)cn2)c1. The van der Waals surface area contributed by atoms with Gasteiger partial charge < -0.3 is 15.0 Å². The molecule has 2 heterocycles. The third-order valence-corrected chi connectivity index (χ3v) is 4.81. The fraction of sp³-hybridized carbons (Fsp3) is 0.429. The van der Waals surface area contributed by atoms with E-state index in [-0.39, 0.29) is 5.91 Å². The van der Waals surface area contributed by atoms with Gasteiger partial charge in [-0.3, -0.25) is 4.79 Å². The summed E-state index contributed by atoms with van der Waals surface area (Å²) in [7, 11) is 1.68. The van der Waals surface area contributed by atoms with Crippen LogP contribution < -0.4 is 10.1 Å². The second-order valence-electron chi connectivity index (χ2n) is 6.96. The molecular formula is C21H27N3O2. The number of hydrogen-bond acceptors (Lipinski definition) is 4. The van der Waals surface area contributed by atoms with Crippen LogP contribution in [0.25, 0.3) is 0 Å². The standard InChI is InChI=1S/C21H27N3O2/c1-16-5-4-12-24(15-16)21(25)18-8-9-20(23-14-18)22-11-10-17-6-3-7-19(13-17)26-2/h3,6-9,13-14,16H,4-5,10-12,15H2,1-2H3,(H,22,23). The first kappa shape index (κ1) is 18.2. The zero-order chi connectivity index (χ0) is 18.4. The Balaban J connectivity index is 1.51. The molecule has 3 rings (SSSR count). The van der Waals surface area contributed by atoms with Crippen molar-refractivity contribution in [3.05, 3.63) is 53.7 Å². The Bertz CT molecular complexity index is 730. The van der Waals surface area contributed by atoms with Gasteiger partial charge in [0.1, 0.15) is 11.6 Å². The van der Waals surface area contributed by atoms with Crippen molar-refractivity contribution in [1.29, 1.82) is 0 Å². The van der Waals surface area contributed by atoms with Crippen LogP contribution in [0, 0.1) is 5.92 Å². The van der Waals surface area contributed by atoms with Crippen molar-refractivity contribution in [2.24, 2.45) is 5.92 Å². The molecule has 0 spiro atoms. The number of piperidine rings is 1. The van der Waals surface area contributed by atoms with Crippen LogP contribution in [0.2, 0.25) is 0 Å². The summed E-state index contributed by atoms with van der Waals surface area (Å²) in [4.78, 5) is 18.9. The molecule has 0 bridgehead atoms. The highest BCUT2D eigenvalue weighted by Crippen LogP contribution is 2.18. The monoisotopic (exact) mass is 353 g/mol. The Morgan fingerprint density at radius 3 is 2.96 bits per heavy atom. The molecule has 1 atom stereocenters. The smallest absolute Gasteiger partial charge is 0.255 e. The topological polar surface area (TPSA) is 54.5 Å². The zero-order valence-corrected chi connectivity index (χ0v) is 15.6. The number of nitrogens with zero attached hydrogens (tertiary/aromatic N) is 2. The van der Waals surface area contributed by atoms with Gasteiger partial charge in [0.25, 0.3) is 5.91 Å². The van der Waals surface area contributed by atoms with Gasteiger partial charge in [-0.05, 0) is 55.0 Å². The van der Waals surface area contributed by atoms with E-state index in [9.17, 15) is 4.79 Å². The number of likely N-dealkylation sites (tertiary alicyclic amines) is 1. The van der Waals surface area contributed by atoms with Crippen molar-refractivity contribution in [1.82, 2.24) is 9.88 Å². The number of methoxy groups -OCH3 is 1. The zero-order valence-electron chi connectivity index (χ0n) is 15.6. The number of rotatable bonds is 6. The van der Waals surface area contributed by atoms with Gasteiger partial charge in [0.05, 0.1) is 12.7 Å². The summed E-state index contributed by atoms with van der Waals surface area (Å²) >= 11 is 0. The van der Waals surface area contributed by atoms with E-state index in [0.29, 0.717) is 11.5 Å². The number of carbonyl (C=O) groups excluding carboxylic acids is 1. The molecule has 1 aliphatic rings. The molecule has 1 fully saturated rings. The molecule has 1 aromatic carbocycles. The summed E-state index contributed by atoms with van der Waals surface area (Å²) in [6.07, 6.45) is 4.85. The fourth-order valence-corrected chi connectivity index (χ4v) is 3.34. The van der Waals surface area contributed by atoms with Crippen molar-refractivity contribution >= 4 is 11.7 Å². The molecule has 1 aromatic heterocycles. The van der Waals surface area contributed by atoms with E-state index >= 15 is 0 Å². The minimum Gasteiger partial charge on any atom is -0.497 e. The maximum absolute atomic E-state index is 12.6. The van der Waals surface area contributed by atoms with Gasteiger partial charge in [0, 0.05) is 25.8 Å². The quantitative estimate of drug-likeness (QED) is 0.862. The van der Waals surface area contributed by atoms with Crippen LogP contribution >= 0.6 is 0 Å². The third kappa shape index (κ3) is 4.75. The molecule has 26 heavy (non-hydrogen) atoms. The van der Waals surface area contributed by atoms with Crippen molar-refractivity contribution in [3.63, 3.8) is 0 Å². The van der Waals surface area contributed by atoms with Gasteiger partial charge in [-0.1, -0.05) is 19.1 Å². The van der Waals surface area contributed by atoms with Crippen LogP contribution in [0.15, 0.2) is 42.6 Å². The number of hydrogen-bond donors (Lipinski definition) is 1. The van der Waals surface area contributed by atoms with E-state index in [1.807, 2.05) is 35.2 Å². The minimum absolute atomic E-state index is 0.0898. The average Bonchev–Trinajstić information content (AvgIpc) is 2.68. The fourth-order valence-electron chi connectivity index (χ4n) is 3.34. The number of carbonyl (C=O) groups is 1. The lowest BCUT2D eigenvalue weighted by atomic mass is 10.00. The molecule has 5 heteroatoms. The number of nitrogens with one attached hydrogen (secondary N) is 1. The summed E-state index contributed by atoms with van der Waals surface area (Å²) in [5.41, 5.74) is 1.88. The molecule has 1 N–H and O–H groups in total. The van der Waals surface area contributed by atoms with Gasteiger partial charge in [-0.2, -0.15) is 0 Å². The highest BCUT2D eigenvalue weighted by molar-refractivity contribution is 5.94. The highest BCUT2D eigenvalue weighted by Gasteiger charge is 2.22. The largest absolute Gasteiger partial charge is 0.497 e. The first-order valence-electron chi connectivity index (χ1n) is 9.28. The Labute approximate surface area is 155 Å². The number of anilines is 1. The first-order valence-corrected chi connectivity index (χ1v) is 9.28. The molecule has 1 amide bonds. The van der Waals surface area contributed by atoms with E-state index in [1.165, 1.54) is 12.0 Å². The molecule has 1 aliphatic heterocycles. The van der Waals surface area contributed by atoms with E-state index in [0.717, 1.165) is 44.0 Å². The predicted molar refractivity (Wildman–Crippen MR) is 104 cm³/mol. The van der Waals surface area contributed by atoms with E-state index in [1.54, 1.807) is 13.3 Å². The molecule has 0 radical (unpaired) electrons. The number of benzene rings is 1. The Kier molecular flexibility index (Phi) is 6.10. The van der Waals surface area contributed by atoms with Crippen LogP contribution in [-0.2, 0) is 6.42 Å². The van der Waals surface area contributed by atoms with Crippen LogP contribution in [0.5, 0.6) is 5.75 Å². The van der Waals surface area contributed by atoms with Crippen LogP contribution in [0.3, 0.4) is 0 Å². The molecule has 1 saturated heterocycles. The number of pyridine rings is 1. The Hall–Kier alpha value is -2.56.